The Bertz CT molecular complexity index is 988. The molecule has 0 atom stereocenters. The Balaban J connectivity index is 0. The number of carbonyl (C=O) groups is 2. The minimum absolute atomic E-state index is 0.235. The Labute approximate surface area is 364 Å². The van der Waals surface area contributed by atoms with Crippen molar-refractivity contribution >= 4 is 55.4 Å². The first-order valence-electron chi connectivity index (χ1n) is 20.0. The molecule has 2 amide bonds. The molecule has 0 N–H and O–H groups in total. The third-order valence-corrected chi connectivity index (χ3v) is 12.5. The fourth-order valence-electron chi connectivity index (χ4n) is 4.57. The molecule has 0 spiro atoms. The molecule has 342 valence electrons. The van der Waals surface area contributed by atoms with E-state index in [-0.39, 0.29) is 16.9 Å². The number of nitrogens with zero attached hydrogens (tertiary/aromatic N) is 3. The molecule has 0 fully saturated rings. The lowest BCUT2D eigenvalue weighted by Crippen LogP contribution is -2.36. The molecule has 0 saturated carbocycles. The second-order valence-electron chi connectivity index (χ2n) is 16.7. The predicted octanol–water partition coefficient (Wildman–Crippen LogP) is 8.49. The van der Waals surface area contributed by atoms with Gasteiger partial charge in [-0.3, -0.25) is 0 Å². The van der Waals surface area contributed by atoms with Crippen molar-refractivity contribution in [3.05, 3.63) is 0 Å². The Morgan fingerprint density at radius 2 is 0.789 bits per heavy atom. The van der Waals surface area contributed by atoms with Crippen LogP contribution < -0.4 is 0 Å². The van der Waals surface area contributed by atoms with Crippen molar-refractivity contribution in [3.8, 4) is 0 Å². The van der Waals surface area contributed by atoms with Crippen LogP contribution >= 0.6 is 43.2 Å². The van der Waals surface area contributed by atoms with Gasteiger partial charge in [-0.2, -0.15) is 0 Å². The second kappa shape index (κ2) is 34.3. The van der Waals surface area contributed by atoms with Crippen molar-refractivity contribution in [3.63, 3.8) is 0 Å². The molecule has 0 radical (unpaired) electrons. The summed E-state index contributed by atoms with van der Waals surface area (Å²) in [5.74, 6) is 0. The molecular formula is C40H83N3O10S4. The van der Waals surface area contributed by atoms with E-state index in [2.05, 4.69) is 52.2 Å². The van der Waals surface area contributed by atoms with Crippen LogP contribution in [0, 0.1) is 0 Å². The summed E-state index contributed by atoms with van der Waals surface area (Å²) in [6.45, 7) is 29.9. The van der Waals surface area contributed by atoms with E-state index in [9.17, 15) is 9.59 Å². The van der Waals surface area contributed by atoms with Gasteiger partial charge in [0.2, 0.25) is 0 Å². The van der Waals surface area contributed by atoms with Gasteiger partial charge in [-0.25, -0.2) is 9.59 Å². The summed E-state index contributed by atoms with van der Waals surface area (Å²) in [7, 11) is 13.0. The summed E-state index contributed by atoms with van der Waals surface area (Å²) in [5, 5.41) is 0. The summed E-state index contributed by atoms with van der Waals surface area (Å²) in [5.41, 5.74) is -0.965. The lowest BCUT2D eigenvalue weighted by molar-refractivity contribution is 0.00304. The third kappa shape index (κ3) is 42.2. The van der Waals surface area contributed by atoms with E-state index in [1.165, 1.54) is 22.6 Å². The highest BCUT2D eigenvalue weighted by atomic mass is 33.1. The highest BCUT2D eigenvalue weighted by molar-refractivity contribution is 8.77. The monoisotopic (exact) mass is 893 g/mol. The Morgan fingerprint density at radius 1 is 0.456 bits per heavy atom. The highest BCUT2D eigenvalue weighted by Crippen LogP contribution is 2.37. The first-order chi connectivity index (χ1) is 26.5. The molecule has 0 rings (SSSR count). The molecule has 57 heavy (non-hydrogen) atoms. The molecule has 0 aliphatic carbocycles. The van der Waals surface area contributed by atoms with Crippen LogP contribution in [-0.2, 0) is 37.9 Å². The van der Waals surface area contributed by atoms with Crippen LogP contribution in [0.3, 0.4) is 0 Å². The molecule has 0 aromatic carbocycles. The number of hydrogen-bond acceptors (Lipinski definition) is 15. The fourth-order valence-corrected chi connectivity index (χ4v) is 9.09. The summed E-state index contributed by atoms with van der Waals surface area (Å²) in [6.07, 6.45) is 7.05. The van der Waals surface area contributed by atoms with Gasteiger partial charge < -0.3 is 52.6 Å². The maximum atomic E-state index is 11.8. The molecular weight excluding hydrogens is 811 g/mol. The summed E-state index contributed by atoms with van der Waals surface area (Å²) >= 11 is 0. The molecule has 0 heterocycles. The summed E-state index contributed by atoms with van der Waals surface area (Å²) in [4.78, 5) is 28.9. The zero-order valence-electron chi connectivity index (χ0n) is 38.5. The number of likely N-dealkylation sites (N-methyl/N-ethyl adjacent to an activating group) is 3. The first-order valence-corrected chi connectivity index (χ1v) is 25.1. The maximum Gasteiger partial charge on any atom is 0.410 e. The molecule has 13 nitrogen and oxygen atoms in total. The average molecular weight is 894 g/mol. The van der Waals surface area contributed by atoms with Gasteiger partial charge in [-0.1, -0.05) is 43.2 Å². The second-order valence-corrected chi connectivity index (χ2v) is 22.9. The van der Waals surface area contributed by atoms with Gasteiger partial charge in [0, 0.05) is 56.4 Å². The Morgan fingerprint density at radius 3 is 1.16 bits per heavy atom. The lowest BCUT2D eigenvalue weighted by atomic mass is 10.1. The van der Waals surface area contributed by atoms with Gasteiger partial charge in [0.1, 0.15) is 11.2 Å². The smallest absolute Gasteiger partial charge is 0.410 e. The van der Waals surface area contributed by atoms with E-state index < -0.39 is 11.2 Å². The third-order valence-electron chi connectivity index (χ3n) is 7.24. The number of carbonyl (C=O) groups excluding carboxylic acids is 2. The van der Waals surface area contributed by atoms with E-state index in [0.29, 0.717) is 90.5 Å². The molecule has 0 bridgehead atoms. The molecule has 0 aliphatic rings. The van der Waals surface area contributed by atoms with Crippen LogP contribution in [0.4, 0.5) is 9.59 Å². The van der Waals surface area contributed by atoms with Gasteiger partial charge in [-0.05, 0) is 108 Å². The summed E-state index contributed by atoms with van der Waals surface area (Å²) in [6, 6.07) is 0. The first kappa shape index (κ1) is 58.8. The summed E-state index contributed by atoms with van der Waals surface area (Å²) < 4.78 is 44.3. The van der Waals surface area contributed by atoms with E-state index in [1.54, 1.807) is 14.1 Å². The van der Waals surface area contributed by atoms with Crippen LogP contribution in [-0.4, -0.2) is 187 Å². The van der Waals surface area contributed by atoms with Crippen molar-refractivity contribution in [2.45, 2.75) is 109 Å². The molecule has 0 unspecified atom stereocenters. The van der Waals surface area contributed by atoms with E-state index >= 15 is 0 Å². The van der Waals surface area contributed by atoms with Crippen molar-refractivity contribution in [1.29, 1.82) is 0 Å². The maximum absolute atomic E-state index is 11.8. The van der Waals surface area contributed by atoms with Gasteiger partial charge >= 0.3 is 12.2 Å². The SMILES string of the molecule is CSSC(C)(C)CCCCOCCOCCOCCN(C)C(=O)OC(C)(C)C.CSSC(C)(C)CN(C)CCOCCOCCOCCN(C)C(=O)OC(C)(C)C. The van der Waals surface area contributed by atoms with Gasteiger partial charge in [0.05, 0.1) is 72.7 Å². The Hall–Kier alpha value is -0.340. The van der Waals surface area contributed by atoms with E-state index in [1.807, 2.05) is 84.7 Å². The van der Waals surface area contributed by atoms with Crippen LogP contribution in [0.1, 0.15) is 88.5 Å². The minimum Gasteiger partial charge on any atom is -0.444 e. The van der Waals surface area contributed by atoms with E-state index in [4.69, 9.17) is 37.9 Å². The highest BCUT2D eigenvalue weighted by Gasteiger charge is 2.22. The number of amides is 2. The normalized spacial score (nSPS) is 12.4. The van der Waals surface area contributed by atoms with Crippen LogP contribution in [0.2, 0.25) is 0 Å². The van der Waals surface area contributed by atoms with Crippen molar-refractivity contribution in [2.24, 2.45) is 0 Å². The minimum atomic E-state index is -0.485. The average Bonchev–Trinajstić information content (AvgIpc) is 3.07. The lowest BCUT2D eigenvalue weighted by Gasteiger charge is -2.28. The quantitative estimate of drug-likeness (QED) is 0.0474. The zero-order chi connectivity index (χ0) is 43.8. The largest absolute Gasteiger partial charge is 0.444 e. The van der Waals surface area contributed by atoms with Crippen LogP contribution in [0.5, 0.6) is 0 Å². The standard InChI is InChI=1S/C20H42N2O5S2.C20H41NO5S2/c1-19(2,3)27-18(23)22(7)10-12-25-14-16-26-15-13-24-11-9-21(6)17-20(4,5)29-28-8;1-19(2,3)26-18(22)21(6)11-13-24-15-17-25-16-14-23-12-9-8-10-20(4,5)28-27-7/h9-17H2,1-8H3;8-17H2,1-7H3. The Kier molecular flexibility index (Phi) is 35.3. The molecule has 0 aromatic heterocycles. The van der Waals surface area contributed by atoms with Gasteiger partial charge in [0.15, 0.2) is 0 Å². The molecule has 0 saturated heterocycles. The topological polar surface area (TPSA) is 118 Å². The number of ether oxygens (including phenoxy) is 8. The van der Waals surface area contributed by atoms with Gasteiger partial charge in [-0.15, -0.1) is 0 Å². The zero-order valence-corrected chi connectivity index (χ0v) is 41.8. The van der Waals surface area contributed by atoms with Gasteiger partial charge in [0.25, 0.3) is 0 Å². The molecule has 0 aliphatic heterocycles. The van der Waals surface area contributed by atoms with Crippen LogP contribution in [0.25, 0.3) is 0 Å². The number of hydrogen-bond donors (Lipinski definition) is 0. The number of rotatable bonds is 32. The van der Waals surface area contributed by atoms with Crippen LogP contribution in [0.15, 0.2) is 0 Å². The van der Waals surface area contributed by atoms with E-state index in [0.717, 1.165) is 26.1 Å². The molecule has 17 heteroatoms. The van der Waals surface area contributed by atoms with Crippen molar-refractivity contribution in [1.82, 2.24) is 14.7 Å². The predicted molar refractivity (Wildman–Crippen MR) is 244 cm³/mol. The fraction of sp³-hybridized carbons (Fsp3) is 0.950. The van der Waals surface area contributed by atoms with Crippen molar-refractivity contribution < 1.29 is 47.5 Å². The number of unbranched alkanes of at least 4 members (excludes halogenated alkanes) is 1. The van der Waals surface area contributed by atoms with Crippen molar-refractivity contribution in [2.75, 3.05) is 139 Å². The molecule has 0 aromatic rings.